The molecule has 0 N–H and O–H groups in total. The third kappa shape index (κ3) is 12.2. The Balaban J connectivity index is 0.00000705. The first-order valence-corrected chi connectivity index (χ1v) is 17.1. The number of carbonyl (C=O) groups excluding carboxylic acids is 1. The first-order valence-electron chi connectivity index (χ1n) is 17.1. The fraction of sp³-hybridized carbons (Fsp3) is 0.632. The Hall–Kier alpha value is -2.62. The van der Waals surface area contributed by atoms with Gasteiger partial charge in [-0.1, -0.05) is 83.6 Å². The molecule has 0 aromatic heterocycles. The number of unbranched alkanes of at least 4 members (excludes halogenated alkanes) is 10. The largest absolute Gasteiger partial charge is 0.493 e. The Morgan fingerprint density at radius 1 is 0.844 bits per heavy atom. The lowest BCUT2D eigenvalue weighted by atomic mass is 9.73. The van der Waals surface area contributed by atoms with Crippen LogP contribution in [0, 0.1) is 23.1 Å². The molecule has 1 unspecified atom stereocenters. The molecule has 45 heavy (non-hydrogen) atoms. The molecule has 2 aromatic carbocycles. The molecule has 0 spiro atoms. The van der Waals surface area contributed by atoms with Crippen molar-refractivity contribution in [2.45, 2.75) is 115 Å². The van der Waals surface area contributed by atoms with Crippen molar-refractivity contribution in [2.24, 2.45) is 5.92 Å². The van der Waals surface area contributed by atoms with Gasteiger partial charge in [0.25, 0.3) is 0 Å². The molecule has 1 heterocycles. The normalized spacial score (nSPS) is 15.1. The zero-order chi connectivity index (χ0) is 31.6. The van der Waals surface area contributed by atoms with E-state index >= 15 is 0 Å². The number of ether oxygens (including phenoxy) is 2. The van der Waals surface area contributed by atoms with Crippen LogP contribution in [0.4, 0.5) is 4.39 Å². The molecular formula is C38H56ClFN2O3. The highest BCUT2D eigenvalue weighted by Crippen LogP contribution is 2.39. The third-order valence-corrected chi connectivity index (χ3v) is 9.52. The van der Waals surface area contributed by atoms with E-state index in [1.165, 1.54) is 63.5 Å². The van der Waals surface area contributed by atoms with Crippen LogP contribution in [0.15, 0.2) is 42.5 Å². The van der Waals surface area contributed by atoms with Gasteiger partial charge in [0.15, 0.2) is 17.3 Å². The molecule has 2 aromatic rings. The van der Waals surface area contributed by atoms with Crippen molar-refractivity contribution < 1.29 is 18.7 Å². The monoisotopic (exact) mass is 642 g/mol. The molecule has 1 saturated heterocycles. The van der Waals surface area contributed by atoms with Gasteiger partial charge in [-0.3, -0.25) is 4.79 Å². The Bertz CT molecular complexity index is 1160. The second kappa shape index (κ2) is 21.2. The fourth-order valence-electron chi connectivity index (χ4n) is 6.67. The number of carbonyl (C=O) groups is 1. The van der Waals surface area contributed by atoms with Gasteiger partial charge in [-0.2, -0.15) is 5.26 Å². The summed E-state index contributed by atoms with van der Waals surface area (Å²) >= 11 is 0. The molecule has 0 saturated carbocycles. The lowest BCUT2D eigenvalue weighted by molar-refractivity contribution is 0.0838. The number of nitriles is 1. The molecule has 250 valence electrons. The quantitative estimate of drug-likeness (QED) is 0.100. The van der Waals surface area contributed by atoms with E-state index in [1.54, 1.807) is 26.4 Å². The lowest BCUT2D eigenvalue weighted by Gasteiger charge is -2.31. The fourth-order valence-corrected chi connectivity index (χ4v) is 6.67. The van der Waals surface area contributed by atoms with Gasteiger partial charge in [-0.15, -0.1) is 12.4 Å². The number of halogens is 2. The first-order chi connectivity index (χ1) is 21.5. The van der Waals surface area contributed by atoms with Crippen LogP contribution in [0.3, 0.4) is 0 Å². The summed E-state index contributed by atoms with van der Waals surface area (Å²) in [5.41, 5.74) is 1.12. The average molecular weight is 643 g/mol. The van der Waals surface area contributed by atoms with E-state index in [0.717, 1.165) is 76.6 Å². The van der Waals surface area contributed by atoms with Crippen molar-refractivity contribution in [3.05, 3.63) is 59.4 Å². The molecule has 1 aliphatic heterocycles. The van der Waals surface area contributed by atoms with Crippen molar-refractivity contribution in [3.63, 3.8) is 0 Å². The van der Waals surface area contributed by atoms with E-state index in [-0.39, 0.29) is 29.9 Å². The zero-order valence-corrected chi connectivity index (χ0v) is 28.8. The molecule has 0 amide bonds. The van der Waals surface area contributed by atoms with E-state index in [9.17, 15) is 14.4 Å². The molecule has 3 rings (SSSR count). The number of piperidine rings is 1. The van der Waals surface area contributed by atoms with Crippen LogP contribution < -0.4 is 9.47 Å². The van der Waals surface area contributed by atoms with Crippen LogP contribution in [-0.2, 0) is 5.41 Å². The summed E-state index contributed by atoms with van der Waals surface area (Å²) in [6.07, 6.45) is 18.0. The van der Waals surface area contributed by atoms with E-state index in [0.29, 0.717) is 17.1 Å². The van der Waals surface area contributed by atoms with E-state index in [4.69, 9.17) is 9.47 Å². The molecule has 1 aliphatic rings. The first kappa shape index (κ1) is 38.6. The van der Waals surface area contributed by atoms with E-state index in [2.05, 4.69) is 24.0 Å². The van der Waals surface area contributed by atoms with Gasteiger partial charge in [-0.05, 0) is 93.7 Å². The van der Waals surface area contributed by atoms with Crippen LogP contribution in [-0.4, -0.2) is 44.5 Å². The van der Waals surface area contributed by atoms with Crippen LogP contribution >= 0.6 is 12.4 Å². The summed E-state index contributed by atoms with van der Waals surface area (Å²) in [6, 6.07) is 14.7. The SMILES string of the molecule is CCCCCCCCCCCC(C#N)(CCCCCN1CCC(C(=O)c2ccc(F)cc2)CC1)c1ccc(OC)c(OC)c1.Cl. The summed E-state index contributed by atoms with van der Waals surface area (Å²) in [6.45, 7) is 5.12. The summed E-state index contributed by atoms with van der Waals surface area (Å²) in [5, 5.41) is 10.6. The Labute approximate surface area is 278 Å². The van der Waals surface area contributed by atoms with Gasteiger partial charge in [-0.25, -0.2) is 4.39 Å². The van der Waals surface area contributed by atoms with Crippen molar-refractivity contribution in [1.29, 1.82) is 5.26 Å². The van der Waals surface area contributed by atoms with Gasteiger partial charge < -0.3 is 14.4 Å². The Kier molecular flexibility index (Phi) is 18.2. The third-order valence-electron chi connectivity index (χ3n) is 9.52. The van der Waals surface area contributed by atoms with Crippen LogP contribution in [0.5, 0.6) is 11.5 Å². The molecule has 5 nitrogen and oxygen atoms in total. The number of hydrogen-bond donors (Lipinski definition) is 0. The topological polar surface area (TPSA) is 62.6 Å². The summed E-state index contributed by atoms with van der Waals surface area (Å²) in [5.74, 6) is 1.22. The Morgan fingerprint density at radius 2 is 1.40 bits per heavy atom. The van der Waals surface area contributed by atoms with Crippen molar-refractivity contribution in [3.8, 4) is 17.6 Å². The summed E-state index contributed by atoms with van der Waals surface area (Å²) < 4.78 is 24.3. The van der Waals surface area contributed by atoms with Crippen molar-refractivity contribution >= 4 is 18.2 Å². The number of ketones is 1. The molecule has 1 fully saturated rings. The summed E-state index contributed by atoms with van der Waals surface area (Å²) in [4.78, 5) is 15.3. The van der Waals surface area contributed by atoms with Gasteiger partial charge in [0.2, 0.25) is 0 Å². The standard InChI is InChI=1S/C38H55FN2O3.ClH/c1-4-5-6-7-8-9-10-11-13-24-38(30-40,33-18-21-35(43-2)36(29-33)44-3)25-14-12-15-26-41-27-22-32(23-28-41)37(42)31-16-19-34(39)20-17-31;/h16-21,29,32H,4-15,22-28H2,1-3H3;1H. The smallest absolute Gasteiger partial charge is 0.166 e. The van der Waals surface area contributed by atoms with Crippen LogP contribution in [0.25, 0.3) is 0 Å². The number of rotatable bonds is 21. The van der Waals surface area contributed by atoms with Crippen LogP contribution in [0.1, 0.15) is 126 Å². The van der Waals surface area contributed by atoms with Gasteiger partial charge in [0.1, 0.15) is 5.82 Å². The van der Waals surface area contributed by atoms with Gasteiger partial charge >= 0.3 is 0 Å². The van der Waals surface area contributed by atoms with E-state index in [1.807, 2.05) is 12.1 Å². The molecule has 0 bridgehead atoms. The predicted octanol–water partition coefficient (Wildman–Crippen LogP) is 10.1. The number of Topliss-reactive ketones (excluding diaryl/α,β-unsaturated/α-hetero) is 1. The maximum atomic E-state index is 13.2. The van der Waals surface area contributed by atoms with Crippen LogP contribution in [0.2, 0.25) is 0 Å². The lowest BCUT2D eigenvalue weighted by Crippen LogP contribution is -2.37. The molecule has 0 aliphatic carbocycles. The summed E-state index contributed by atoms with van der Waals surface area (Å²) in [7, 11) is 3.29. The van der Waals surface area contributed by atoms with Gasteiger partial charge in [0, 0.05) is 11.5 Å². The minimum Gasteiger partial charge on any atom is -0.493 e. The number of likely N-dealkylation sites (tertiary alicyclic amines) is 1. The second-order valence-electron chi connectivity index (χ2n) is 12.6. The zero-order valence-electron chi connectivity index (χ0n) is 28.0. The van der Waals surface area contributed by atoms with Crippen molar-refractivity contribution in [1.82, 2.24) is 4.90 Å². The Morgan fingerprint density at radius 3 is 1.96 bits per heavy atom. The van der Waals surface area contributed by atoms with E-state index < -0.39 is 5.41 Å². The molecule has 7 heteroatoms. The highest BCUT2D eigenvalue weighted by Gasteiger charge is 2.32. The number of nitrogens with zero attached hydrogens (tertiary/aromatic N) is 2. The minimum absolute atomic E-state index is 0. The highest BCUT2D eigenvalue weighted by atomic mass is 35.5. The maximum absolute atomic E-state index is 13.2. The minimum atomic E-state index is -0.528. The average Bonchev–Trinajstić information content (AvgIpc) is 3.06. The maximum Gasteiger partial charge on any atom is 0.166 e. The van der Waals surface area contributed by atoms with Gasteiger partial charge in [0.05, 0.1) is 25.7 Å². The second-order valence-corrected chi connectivity index (χ2v) is 12.6. The number of methoxy groups -OCH3 is 2. The van der Waals surface area contributed by atoms with Crippen molar-refractivity contribution in [2.75, 3.05) is 33.9 Å². The molecule has 1 atom stereocenters. The predicted molar refractivity (Wildman–Crippen MR) is 184 cm³/mol. The number of benzene rings is 2. The number of hydrogen-bond acceptors (Lipinski definition) is 5. The highest BCUT2D eigenvalue weighted by molar-refractivity contribution is 5.97. The molecular weight excluding hydrogens is 587 g/mol. The molecule has 0 radical (unpaired) electrons.